The minimum atomic E-state index is -0.454. The summed E-state index contributed by atoms with van der Waals surface area (Å²) >= 11 is 5.86. The van der Waals surface area contributed by atoms with E-state index in [0.29, 0.717) is 27.8 Å². The number of hydrogen-bond donors (Lipinski definition) is 0. The van der Waals surface area contributed by atoms with Gasteiger partial charge in [-0.05, 0) is 42.5 Å². The zero-order valence-corrected chi connectivity index (χ0v) is 13.6. The Morgan fingerprint density at radius 1 is 1.17 bits per heavy atom. The van der Waals surface area contributed by atoms with Crippen LogP contribution in [0.1, 0.15) is 16.1 Å². The maximum absolute atomic E-state index is 12.0. The van der Waals surface area contributed by atoms with Gasteiger partial charge in [0.05, 0.1) is 12.7 Å². The maximum Gasteiger partial charge on any atom is 0.338 e. The first kappa shape index (κ1) is 16.1. The van der Waals surface area contributed by atoms with Crippen LogP contribution in [0.5, 0.6) is 5.75 Å². The highest BCUT2D eigenvalue weighted by Gasteiger charge is 2.11. The lowest BCUT2D eigenvalue weighted by atomic mass is 10.2. The average molecular weight is 344 g/mol. The van der Waals surface area contributed by atoms with Gasteiger partial charge >= 0.3 is 5.97 Å². The molecule has 0 N–H and O–H groups in total. The van der Waals surface area contributed by atoms with Crippen molar-refractivity contribution < 1.29 is 18.8 Å². The molecule has 6 heteroatoms. The number of esters is 1. The van der Waals surface area contributed by atoms with E-state index in [1.165, 1.54) is 7.11 Å². The van der Waals surface area contributed by atoms with Crippen molar-refractivity contribution in [2.24, 2.45) is 0 Å². The Morgan fingerprint density at radius 3 is 2.71 bits per heavy atom. The van der Waals surface area contributed by atoms with Crippen LogP contribution in [0.4, 0.5) is 0 Å². The molecule has 24 heavy (non-hydrogen) atoms. The van der Waals surface area contributed by atoms with Crippen molar-refractivity contribution in [3.05, 3.63) is 70.9 Å². The van der Waals surface area contributed by atoms with Crippen molar-refractivity contribution in [1.82, 2.24) is 5.16 Å². The molecule has 1 aromatic heterocycles. The van der Waals surface area contributed by atoms with Gasteiger partial charge in [0.1, 0.15) is 18.1 Å². The third kappa shape index (κ3) is 3.75. The molecule has 0 fully saturated rings. The first-order valence-corrected chi connectivity index (χ1v) is 7.56. The highest BCUT2D eigenvalue weighted by Crippen LogP contribution is 2.22. The summed E-state index contributed by atoms with van der Waals surface area (Å²) in [7, 11) is 1.54. The topological polar surface area (TPSA) is 61.6 Å². The number of rotatable bonds is 5. The number of halogens is 1. The van der Waals surface area contributed by atoms with Crippen molar-refractivity contribution in [2.75, 3.05) is 7.11 Å². The van der Waals surface area contributed by atoms with Gasteiger partial charge in [-0.25, -0.2) is 4.79 Å². The van der Waals surface area contributed by atoms with Gasteiger partial charge in [-0.3, -0.25) is 0 Å². The molecule has 2 aromatic carbocycles. The third-order valence-corrected chi connectivity index (χ3v) is 3.60. The molecular weight excluding hydrogens is 330 g/mol. The normalized spacial score (nSPS) is 10.4. The number of ether oxygens (including phenoxy) is 2. The van der Waals surface area contributed by atoms with Gasteiger partial charge in [0, 0.05) is 16.7 Å². The molecule has 0 unspecified atom stereocenters. The molecule has 5 nitrogen and oxygen atoms in total. The number of hydrogen-bond acceptors (Lipinski definition) is 5. The van der Waals surface area contributed by atoms with Crippen LogP contribution < -0.4 is 4.74 Å². The second kappa shape index (κ2) is 7.19. The number of methoxy groups -OCH3 is 1. The van der Waals surface area contributed by atoms with Crippen LogP contribution in [0.15, 0.2) is 59.1 Å². The molecule has 0 atom stereocenters. The van der Waals surface area contributed by atoms with E-state index in [9.17, 15) is 4.79 Å². The van der Waals surface area contributed by atoms with Crippen LogP contribution >= 0.6 is 11.6 Å². The van der Waals surface area contributed by atoms with Crippen molar-refractivity contribution in [1.29, 1.82) is 0 Å². The van der Waals surface area contributed by atoms with Crippen LogP contribution in [-0.4, -0.2) is 18.2 Å². The van der Waals surface area contributed by atoms with E-state index in [-0.39, 0.29) is 6.61 Å². The monoisotopic (exact) mass is 343 g/mol. The van der Waals surface area contributed by atoms with Crippen LogP contribution in [0.3, 0.4) is 0 Å². The molecule has 122 valence electrons. The van der Waals surface area contributed by atoms with Gasteiger partial charge in [0.15, 0.2) is 5.76 Å². The molecule has 0 aliphatic carbocycles. The first-order chi connectivity index (χ1) is 11.7. The molecule has 1 heterocycles. The van der Waals surface area contributed by atoms with Crippen molar-refractivity contribution in [2.45, 2.75) is 6.61 Å². The Morgan fingerprint density at radius 2 is 1.96 bits per heavy atom. The number of benzene rings is 2. The standard InChI is InChI=1S/C18H14ClNO4/c1-22-16-4-2-3-13(9-16)18(21)23-11-15-10-17(24-20-15)12-5-7-14(19)8-6-12/h2-10H,11H2,1H3. The lowest BCUT2D eigenvalue weighted by molar-refractivity contribution is 0.0464. The molecule has 3 rings (SSSR count). The van der Waals surface area contributed by atoms with E-state index in [2.05, 4.69) is 5.16 Å². The largest absolute Gasteiger partial charge is 0.497 e. The van der Waals surface area contributed by atoms with E-state index >= 15 is 0 Å². The first-order valence-electron chi connectivity index (χ1n) is 7.18. The highest BCUT2D eigenvalue weighted by molar-refractivity contribution is 6.30. The zero-order valence-electron chi connectivity index (χ0n) is 12.9. The van der Waals surface area contributed by atoms with E-state index < -0.39 is 5.97 Å². The second-order valence-corrected chi connectivity index (χ2v) is 5.43. The molecule has 0 aliphatic heterocycles. The van der Waals surface area contributed by atoms with Crippen molar-refractivity contribution >= 4 is 17.6 Å². The van der Waals surface area contributed by atoms with Crippen LogP contribution in [0, 0.1) is 0 Å². The molecule has 0 radical (unpaired) electrons. The van der Waals surface area contributed by atoms with Crippen LogP contribution in [-0.2, 0) is 11.3 Å². The van der Waals surface area contributed by atoms with Gasteiger partial charge in [0.25, 0.3) is 0 Å². The zero-order chi connectivity index (χ0) is 16.9. The molecule has 3 aromatic rings. The quantitative estimate of drug-likeness (QED) is 0.644. The third-order valence-electron chi connectivity index (χ3n) is 3.34. The van der Waals surface area contributed by atoms with E-state index in [4.69, 9.17) is 25.6 Å². The Labute approximate surface area is 143 Å². The van der Waals surface area contributed by atoms with E-state index in [1.807, 2.05) is 12.1 Å². The SMILES string of the molecule is COc1cccc(C(=O)OCc2cc(-c3ccc(Cl)cc3)on2)c1. The predicted molar refractivity (Wildman–Crippen MR) is 89.1 cm³/mol. The lowest BCUT2D eigenvalue weighted by Crippen LogP contribution is -2.05. The Balaban J connectivity index is 1.64. The molecule has 0 amide bonds. The summed E-state index contributed by atoms with van der Waals surface area (Å²) in [4.78, 5) is 12.0. The highest BCUT2D eigenvalue weighted by atomic mass is 35.5. The van der Waals surface area contributed by atoms with Gasteiger partial charge in [0.2, 0.25) is 0 Å². The molecule has 0 bridgehead atoms. The number of nitrogens with zero attached hydrogens (tertiary/aromatic N) is 1. The van der Waals surface area contributed by atoms with E-state index in [0.717, 1.165) is 5.56 Å². The number of aromatic nitrogens is 1. The molecule has 0 spiro atoms. The lowest BCUT2D eigenvalue weighted by Gasteiger charge is -2.04. The van der Waals surface area contributed by atoms with Crippen LogP contribution in [0.25, 0.3) is 11.3 Å². The Bertz CT molecular complexity index is 842. The molecule has 0 aliphatic rings. The van der Waals surface area contributed by atoms with Gasteiger partial charge < -0.3 is 14.0 Å². The summed E-state index contributed by atoms with van der Waals surface area (Å²) in [5.41, 5.74) is 1.78. The summed E-state index contributed by atoms with van der Waals surface area (Å²) in [6.07, 6.45) is 0. The second-order valence-electron chi connectivity index (χ2n) is 5.00. The van der Waals surface area contributed by atoms with Gasteiger partial charge in [-0.1, -0.05) is 22.8 Å². The summed E-state index contributed by atoms with van der Waals surface area (Å²) in [6.45, 7) is 0.0210. The van der Waals surface area contributed by atoms with Gasteiger partial charge in [-0.15, -0.1) is 0 Å². The summed E-state index contributed by atoms with van der Waals surface area (Å²) < 4.78 is 15.6. The minimum absolute atomic E-state index is 0.0210. The fourth-order valence-corrected chi connectivity index (χ4v) is 2.23. The summed E-state index contributed by atoms with van der Waals surface area (Å²) in [5.74, 6) is 0.722. The fraction of sp³-hybridized carbons (Fsp3) is 0.111. The summed E-state index contributed by atoms with van der Waals surface area (Å²) in [5, 5.41) is 4.55. The minimum Gasteiger partial charge on any atom is -0.497 e. The predicted octanol–water partition coefficient (Wildman–Crippen LogP) is 4.36. The number of carbonyl (C=O) groups is 1. The maximum atomic E-state index is 12.0. The smallest absolute Gasteiger partial charge is 0.338 e. The Kier molecular flexibility index (Phi) is 4.82. The molecule has 0 saturated heterocycles. The Hall–Kier alpha value is -2.79. The average Bonchev–Trinajstić information content (AvgIpc) is 3.09. The van der Waals surface area contributed by atoms with Crippen molar-refractivity contribution in [3.63, 3.8) is 0 Å². The van der Waals surface area contributed by atoms with Crippen LogP contribution in [0.2, 0.25) is 5.02 Å². The number of carbonyl (C=O) groups excluding carboxylic acids is 1. The summed E-state index contributed by atoms with van der Waals surface area (Å²) in [6, 6.07) is 15.7. The van der Waals surface area contributed by atoms with Gasteiger partial charge in [-0.2, -0.15) is 0 Å². The molecule has 0 saturated carbocycles. The fourth-order valence-electron chi connectivity index (χ4n) is 2.10. The van der Waals surface area contributed by atoms with E-state index in [1.54, 1.807) is 42.5 Å². The van der Waals surface area contributed by atoms with Crippen molar-refractivity contribution in [3.8, 4) is 17.1 Å². The molecular formula is C18H14ClNO4.